The molecule has 0 spiro atoms. The van der Waals surface area contributed by atoms with Crippen LogP contribution in [0.3, 0.4) is 0 Å². The monoisotopic (exact) mass is 396 g/mol. The van der Waals surface area contributed by atoms with Gasteiger partial charge >= 0.3 is 0 Å². The minimum absolute atomic E-state index is 0.0563. The summed E-state index contributed by atoms with van der Waals surface area (Å²) in [5.74, 6) is 0. The van der Waals surface area contributed by atoms with Crippen molar-refractivity contribution >= 4 is 43.2 Å². The van der Waals surface area contributed by atoms with E-state index >= 15 is 0 Å². The number of hydrogen-bond acceptors (Lipinski definition) is 3. The van der Waals surface area contributed by atoms with Gasteiger partial charge in [0.05, 0.1) is 20.8 Å². The summed E-state index contributed by atoms with van der Waals surface area (Å²) in [6.07, 6.45) is 6.94. The summed E-state index contributed by atoms with van der Waals surface area (Å²) >= 11 is 8.86. The third-order valence-corrected chi connectivity index (χ3v) is 5.47. The largest absolute Gasteiger partial charge is 0.353 e. The molecule has 1 aliphatic heterocycles. The smallest absolute Gasteiger partial charge is 0.157 e. The molecule has 5 heteroatoms. The van der Waals surface area contributed by atoms with Crippen LogP contribution in [0.15, 0.2) is 13.6 Å². The number of unbranched alkanes of at least 4 members (excludes halogenated alkanes) is 2. The van der Waals surface area contributed by atoms with Gasteiger partial charge in [0, 0.05) is 0 Å². The molecule has 102 valence electrons. The normalized spacial score (nSPS) is 17.2. The maximum atomic E-state index is 5.53. The highest BCUT2D eigenvalue weighted by Crippen LogP contribution is 2.32. The predicted octanol–water partition coefficient (Wildman–Crippen LogP) is 5.14. The fraction of sp³-hybridized carbons (Fsp3) is 0.692. The van der Waals surface area contributed by atoms with Gasteiger partial charge < -0.3 is 9.47 Å². The average molecular weight is 398 g/mol. The Labute approximate surface area is 129 Å². The molecule has 0 bridgehead atoms. The minimum atomic E-state index is 0.0563. The Bertz CT molecular complexity index is 362. The third-order valence-electron chi connectivity index (χ3n) is 3.01. The van der Waals surface area contributed by atoms with Crippen LogP contribution in [-0.4, -0.2) is 19.5 Å². The first-order chi connectivity index (χ1) is 8.75. The SMILES string of the molecule is Brc1cc(CCCCCC2OCCCO2)c(Br)s1. The Kier molecular flexibility index (Phi) is 6.66. The van der Waals surface area contributed by atoms with Crippen LogP contribution < -0.4 is 0 Å². The molecule has 2 rings (SSSR count). The quantitative estimate of drug-likeness (QED) is 0.618. The highest BCUT2D eigenvalue weighted by atomic mass is 79.9. The van der Waals surface area contributed by atoms with E-state index in [4.69, 9.17) is 9.47 Å². The first kappa shape index (κ1) is 15.0. The molecule has 0 saturated carbocycles. The second kappa shape index (κ2) is 8.00. The molecule has 1 aliphatic rings. The van der Waals surface area contributed by atoms with E-state index in [9.17, 15) is 0 Å². The Balaban J connectivity index is 1.57. The fourth-order valence-corrected chi connectivity index (χ4v) is 4.97. The summed E-state index contributed by atoms with van der Waals surface area (Å²) in [4.78, 5) is 0. The van der Waals surface area contributed by atoms with Gasteiger partial charge in [-0.05, 0) is 75.6 Å². The summed E-state index contributed by atoms with van der Waals surface area (Å²) in [5.41, 5.74) is 1.41. The van der Waals surface area contributed by atoms with E-state index in [0.29, 0.717) is 0 Å². The van der Waals surface area contributed by atoms with Crippen LogP contribution in [0.1, 0.15) is 37.7 Å². The van der Waals surface area contributed by atoms with Crippen molar-refractivity contribution in [3.63, 3.8) is 0 Å². The number of halogens is 2. The van der Waals surface area contributed by atoms with Gasteiger partial charge in [-0.3, -0.25) is 0 Å². The Morgan fingerprint density at radius 3 is 2.61 bits per heavy atom. The Morgan fingerprint density at radius 2 is 1.94 bits per heavy atom. The number of aryl methyl sites for hydroxylation is 1. The lowest BCUT2D eigenvalue weighted by Gasteiger charge is -2.22. The van der Waals surface area contributed by atoms with E-state index in [-0.39, 0.29) is 6.29 Å². The van der Waals surface area contributed by atoms with Gasteiger partial charge in [0.1, 0.15) is 0 Å². The van der Waals surface area contributed by atoms with Gasteiger partial charge in [0.25, 0.3) is 0 Å². The molecular weight excluding hydrogens is 380 g/mol. The molecular formula is C13H18Br2O2S. The topological polar surface area (TPSA) is 18.5 Å². The molecule has 2 heterocycles. The van der Waals surface area contributed by atoms with Crippen LogP contribution >= 0.6 is 43.2 Å². The second-order valence-electron chi connectivity index (χ2n) is 4.47. The van der Waals surface area contributed by atoms with Crippen molar-refractivity contribution in [2.75, 3.05) is 13.2 Å². The molecule has 0 aromatic carbocycles. The molecule has 1 fully saturated rings. The molecule has 1 aromatic rings. The molecule has 0 aliphatic carbocycles. The number of ether oxygens (including phenoxy) is 2. The molecule has 2 nitrogen and oxygen atoms in total. The summed E-state index contributed by atoms with van der Waals surface area (Å²) in [7, 11) is 0. The lowest BCUT2D eigenvalue weighted by atomic mass is 10.1. The molecule has 0 radical (unpaired) electrons. The minimum Gasteiger partial charge on any atom is -0.353 e. The van der Waals surface area contributed by atoms with Crippen LogP contribution in [0.2, 0.25) is 0 Å². The second-order valence-corrected chi connectivity index (χ2v) is 8.22. The van der Waals surface area contributed by atoms with Gasteiger partial charge in [-0.2, -0.15) is 0 Å². The maximum absolute atomic E-state index is 5.53. The first-order valence-electron chi connectivity index (χ1n) is 6.42. The van der Waals surface area contributed by atoms with Crippen molar-refractivity contribution in [1.29, 1.82) is 0 Å². The fourth-order valence-electron chi connectivity index (χ4n) is 2.05. The van der Waals surface area contributed by atoms with Gasteiger partial charge in [0.15, 0.2) is 6.29 Å². The number of rotatable bonds is 6. The number of hydrogen-bond donors (Lipinski definition) is 0. The summed E-state index contributed by atoms with van der Waals surface area (Å²) in [6, 6.07) is 2.21. The van der Waals surface area contributed by atoms with E-state index in [1.807, 2.05) is 0 Å². The van der Waals surface area contributed by atoms with Crippen LogP contribution in [0, 0.1) is 0 Å². The zero-order chi connectivity index (χ0) is 12.8. The van der Waals surface area contributed by atoms with Crippen molar-refractivity contribution in [2.45, 2.75) is 44.8 Å². The van der Waals surface area contributed by atoms with Gasteiger partial charge in [-0.25, -0.2) is 0 Å². The van der Waals surface area contributed by atoms with Crippen LogP contribution in [0.5, 0.6) is 0 Å². The van der Waals surface area contributed by atoms with E-state index in [1.54, 1.807) is 11.3 Å². The van der Waals surface area contributed by atoms with Crippen molar-refractivity contribution < 1.29 is 9.47 Å². The van der Waals surface area contributed by atoms with Crippen molar-refractivity contribution in [3.8, 4) is 0 Å². The van der Waals surface area contributed by atoms with Crippen molar-refractivity contribution in [2.24, 2.45) is 0 Å². The zero-order valence-corrected chi connectivity index (χ0v) is 14.3. The third kappa shape index (κ3) is 4.93. The summed E-state index contributed by atoms with van der Waals surface area (Å²) < 4.78 is 13.5. The van der Waals surface area contributed by atoms with Crippen LogP contribution in [0.4, 0.5) is 0 Å². The van der Waals surface area contributed by atoms with Crippen LogP contribution in [-0.2, 0) is 15.9 Å². The maximum Gasteiger partial charge on any atom is 0.157 e. The lowest BCUT2D eigenvalue weighted by Crippen LogP contribution is -2.24. The molecule has 0 unspecified atom stereocenters. The molecule has 1 saturated heterocycles. The van der Waals surface area contributed by atoms with E-state index < -0.39 is 0 Å². The predicted molar refractivity (Wildman–Crippen MR) is 82.2 cm³/mol. The first-order valence-corrected chi connectivity index (χ1v) is 8.83. The van der Waals surface area contributed by atoms with Crippen molar-refractivity contribution in [3.05, 3.63) is 19.2 Å². The van der Waals surface area contributed by atoms with Gasteiger partial charge in [-0.15, -0.1) is 11.3 Å². The van der Waals surface area contributed by atoms with Gasteiger partial charge in [0.2, 0.25) is 0 Å². The van der Waals surface area contributed by atoms with E-state index in [0.717, 1.165) is 32.5 Å². The zero-order valence-electron chi connectivity index (χ0n) is 10.3. The standard InChI is InChI=1S/C13H18Br2O2S/c14-11-9-10(13(15)18-11)5-2-1-3-6-12-16-7-4-8-17-12/h9,12H,1-8H2. The highest BCUT2D eigenvalue weighted by Gasteiger charge is 2.13. The molecule has 0 N–H and O–H groups in total. The molecule has 0 amide bonds. The lowest BCUT2D eigenvalue weighted by molar-refractivity contribution is -0.181. The average Bonchev–Trinajstić information content (AvgIpc) is 2.69. The number of thiophene rings is 1. The summed E-state index contributed by atoms with van der Waals surface area (Å²) in [5, 5.41) is 0. The Morgan fingerprint density at radius 1 is 1.17 bits per heavy atom. The molecule has 1 aromatic heterocycles. The van der Waals surface area contributed by atoms with Gasteiger partial charge in [-0.1, -0.05) is 6.42 Å². The Hall–Kier alpha value is 0.580. The van der Waals surface area contributed by atoms with Crippen LogP contribution in [0.25, 0.3) is 0 Å². The molecule has 18 heavy (non-hydrogen) atoms. The van der Waals surface area contributed by atoms with Crippen molar-refractivity contribution in [1.82, 2.24) is 0 Å². The van der Waals surface area contributed by atoms with E-state index in [2.05, 4.69) is 37.9 Å². The molecule has 0 atom stereocenters. The van der Waals surface area contributed by atoms with E-state index in [1.165, 1.54) is 32.4 Å². The summed E-state index contributed by atoms with van der Waals surface area (Å²) in [6.45, 7) is 1.72. The highest BCUT2D eigenvalue weighted by molar-refractivity contribution is 9.12.